The third-order valence-electron chi connectivity index (χ3n) is 4.28. The van der Waals surface area contributed by atoms with Crippen molar-refractivity contribution in [3.8, 4) is 12.1 Å². The van der Waals surface area contributed by atoms with Crippen molar-refractivity contribution >= 4 is 26.0 Å². The van der Waals surface area contributed by atoms with Crippen molar-refractivity contribution in [3.63, 3.8) is 0 Å². The summed E-state index contributed by atoms with van der Waals surface area (Å²) in [5.41, 5.74) is 2.35. The smallest absolute Gasteiger partial charge is 0.207 e. The minimum atomic E-state index is -3.81. The predicted molar refractivity (Wildman–Crippen MR) is 113 cm³/mol. The lowest BCUT2D eigenvalue weighted by Crippen LogP contribution is -2.30. The second-order valence-corrected chi connectivity index (χ2v) is 9.20. The number of nitrogens with zero attached hydrogens (tertiary/aromatic N) is 3. The predicted octanol–water partition coefficient (Wildman–Crippen LogP) is 4.58. The molecule has 0 unspecified atom stereocenters. The first-order chi connectivity index (χ1) is 13.9. The second kappa shape index (κ2) is 9.02. The van der Waals surface area contributed by atoms with E-state index in [1.807, 2.05) is 0 Å². The Kier molecular flexibility index (Phi) is 6.46. The fourth-order valence-electron chi connectivity index (χ4n) is 2.87. The standard InChI is InChI=1S/C22H16BrN3O2S/c23-21-7-9-22(10-8-21)29(27,28)26(15-19-5-1-3-17(11-19)13-24)16-20-6-2-4-18(12-20)14-25/h1-12H,15-16H2. The molecule has 0 spiro atoms. The lowest BCUT2D eigenvalue weighted by Gasteiger charge is -2.23. The Balaban J connectivity index is 2.01. The number of rotatable bonds is 6. The molecule has 3 rings (SSSR count). The van der Waals surface area contributed by atoms with Gasteiger partial charge in [-0.25, -0.2) is 8.42 Å². The average Bonchev–Trinajstić information content (AvgIpc) is 2.74. The molecule has 0 heterocycles. The van der Waals surface area contributed by atoms with Crippen molar-refractivity contribution in [2.75, 3.05) is 0 Å². The largest absolute Gasteiger partial charge is 0.243 e. The molecule has 0 N–H and O–H groups in total. The summed E-state index contributed by atoms with van der Waals surface area (Å²) in [5, 5.41) is 18.3. The van der Waals surface area contributed by atoms with Crippen LogP contribution in [0.25, 0.3) is 0 Å². The number of halogens is 1. The molecular weight excluding hydrogens is 450 g/mol. The van der Waals surface area contributed by atoms with Crippen LogP contribution < -0.4 is 0 Å². The first kappa shape index (κ1) is 20.8. The van der Waals surface area contributed by atoms with E-state index in [-0.39, 0.29) is 18.0 Å². The molecule has 0 aliphatic rings. The summed E-state index contributed by atoms with van der Waals surface area (Å²) in [7, 11) is -3.81. The Bertz CT molecular complexity index is 1150. The van der Waals surface area contributed by atoms with Gasteiger partial charge in [-0.3, -0.25) is 0 Å². The molecule has 0 bridgehead atoms. The summed E-state index contributed by atoms with van der Waals surface area (Å²) in [5.74, 6) is 0. The second-order valence-electron chi connectivity index (χ2n) is 6.35. The Labute approximate surface area is 178 Å². The van der Waals surface area contributed by atoms with Crippen LogP contribution in [0.1, 0.15) is 22.3 Å². The van der Waals surface area contributed by atoms with Crippen LogP contribution in [0.2, 0.25) is 0 Å². The number of nitriles is 2. The van der Waals surface area contributed by atoms with Crippen LogP contribution in [-0.2, 0) is 23.1 Å². The lowest BCUT2D eigenvalue weighted by molar-refractivity contribution is 0.401. The van der Waals surface area contributed by atoms with Crippen LogP contribution in [0.4, 0.5) is 0 Å². The average molecular weight is 466 g/mol. The van der Waals surface area contributed by atoms with Crippen LogP contribution in [0.3, 0.4) is 0 Å². The molecule has 0 aliphatic heterocycles. The molecule has 5 nitrogen and oxygen atoms in total. The van der Waals surface area contributed by atoms with E-state index in [0.29, 0.717) is 22.3 Å². The van der Waals surface area contributed by atoms with Crippen LogP contribution >= 0.6 is 15.9 Å². The molecule has 0 fully saturated rings. The Morgan fingerprint density at radius 3 is 1.72 bits per heavy atom. The number of hydrogen-bond acceptors (Lipinski definition) is 4. The van der Waals surface area contributed by atoms with Crippen LogP contribution in [0.15, 0.2) is 82.2 Å². The summed E-state index contributed by atoms with van der Waals surface area (Å²) in [6.07, 6.45) is 0. The van der Waals surface area contributed by atoms with Gasteiger partial charge in [0.2, 0.25) is 10.0 Å². The first-order valence-corrected chi connectivity index (χ1v) is 10.9. The molecule has 0 aromatic heterocycles. The molecular formula is C22H16BrN3O2S. The van der Waals surface area contributed by atoms with Gasteiger partial charge >= 0.3 is 0 Å². The molecule has 3 aromatic carbocycles. The third kappa shape index (κ3) is 5.10. The Morgan fingerprint density at radius 1 is 0.793 bits per heavy atom. The molecule has 29 heavy (non-hydrogen) atoms. The molecule has 7 heteroatoms. The fourth-order valence-corrected chi connectivity index (χ4v) is 4.55. The van der Waals surface area contributed by atoms with E-state index >= 15 is 0 Å². The highest BCUT2D eigenvalue weighted by atomic mass is 79.9. The van der Waals surface area contributed by atoms with Gasteiger partial charge in [0.15, 0.2) is 0 Å². The van der Waals surface area contributed by atoms with Gasteiger partial charge < -0.3 is 0 Å². The molecule has 0 radical (unpaired) electrons. The summed E-state index contributed by atoms with van der Waals surface area (Å²) in [6.45, 7) is 0.204. The minimum absolute atomic E-state index is 0.102. The van der Waals surface area contributed by atoms with Gasteiger partial charge in [0.25, 0.3) is 0 Å². The fraction of sp³-hybridized carbons (Fsp3) is 0.0909. The SMILES string of the molecule is N#Cc1cccc(CN(Cc2cccc(C#N)c2)S(=O)(=O)c2ccc(Br)cc2)c1. The van der Waals surface area contributed by atoms with Gasteiger partial charge in [-0.15, -0.1) is 0 Å². The van der Waals surface area contributed by atoms with E-state index < -0.39 is 10.0 Å². The maximum atomic E-state index is 13.3. The van der Waals surface area contributed by atoms with Crippen molar-refractivity contribution in [1.82, 2.24) is 4.31 Å². The highest BCUT2D eigenvalue weighted by Gasteiger charge is 2.25. The minimum Gasteiger partial charge on any atom is -0.207 e. The number of benzene rings is 3. The molecule has 144 valence electrons. The van der Waals surface area contributed by atoms with Crippen LogP contribution in [-0.4, -0.2) is 12.7 Å². The summed E-state index contributed by atoms with van der Waals surface area (Å²) in [6, 6.07) is 24.3. The number of sulfonamides is 1. The van der Waals surface area contributed by atoms with E-state index in [1.165, 1.54) is 4.31 Å². The van der Waals surface area contributed by atoms with Gasteiger partial charge in [0.1, 0.15) is 0 Å². The van der Waals surface area contributed by atoms with Crippen LogP contribution in [0.5, 0.6) is 0 Å². The Morgan fingerprint density at radius 2 is 1.28 bits per heavy atom. The van der Waals surface area contributed by atoms with Gasteiger partial charge in [-0.1, -0.05) is 40.2 Å². The van der Waals surface area contributed by atoms with E-state index in [9.17, 15) is 8.42 Å². The van der Waals surface area contributed by atoms with Crippen LogP contribution in [0, 0.1) is 22.7 Å². The number of hydrogen-bond donors (Lipinski definition) is 0. The molecule has 0 amide bonds. The van der Waals surface area contributed by atoms with Gasteiger partial charge in [-0.05, 0) is 59.7 Å². The van der Waals surface area contributed by atoms with E-state index in [0.717, 1.165) is 4.47 Å². The zero-order valence-electron chi connectivity index (χ0n) is 15.3. The zero-order chi connectivity index (χ0) is 20.9. The van der Waals surface area contributed by atoms with Crippen molar-refractivity contribution < 1.29 is 8.42 Å². The van der Waals surface area contributed by atoms with Crippen molar-refractivity contribution in [1.29, 1.82) is 10.5 Å². The highest BCUT2D eigenvalue weighted by Crippen LogP contribution is 2.23. The van der Waals surface area contributed by atoms with E-state index in [2.05, 4.69) is 28.1 Å². The quantitative estimate of drug-likeness (QED) is 0.532. The highest BCUT2D eigenvalue weighted by molar-refractivity contribution is 9.10. The van der Waals surface area contributed by atoms with Crippen molar-refractivity contribution in [2.24, 2.45) is 0 Å². The van der Waals surface area contributed by atoms with Crippen molar-refractivity contribution in [2.45, 2.75) is 18.0 Å². The molecule has 0 atom stereocenters. The lowest BCUT2D eigenvalue weighted by atomic mass is 10.1. The summed E-state index contributed by atoms with van der Waals surface area (Å²) < 4.78 is 28.8. The van der Waals surface area contributed by atoms with E-state index in [1.54, 1.807) is 72.8 Å². The molecule has 0 saturated carbocycles. The summed E-state index contributed by atoms with van der Waals surface area (Å²) in [4.78, 5) is 0.175. The normalized spacial score (nSPS) is 11.0. The zero-order valence-corrected chi connectivity index (χ0v) is 17.7. The maximum absolute atomic E-state index is 13.3. The summed E-state index contributed by atoms with van der Waals surface area (Å²) >= 11 is 3.32. The monoisotopic (exact) mass is 465 g/mol. The van der Waals surface area contributed by atoms with Crippen molar-refractivity contribution in [3.05, 3.63) is 99.5 Å². The molecule has 0 aliphatic carbocycles. The maximum Gasteiger partial charge on any atom is 0.243 e. The van der Waals surface area contributed by atoms with Gasteiger partial charge in [-0.2, -0.15) is 14.8 Å². The third-order valence-corrected chi connectivity index (χ3v) is 6.62. The van der Waals surface area contributed by atoms with Gasteiger partial charge in [0.05, 0.1) is 28.2 Å². The molecule has 0 saturated heterocycles. The van der Waals surface area contributed by atoms with E-state index in [4.69, 9.17) is 10.5 Å². The Hall–Kier alpha value is -2.97. The topological polar surface area (TPSA) is 85.0 Å². The van der Waals surface area contributed by atoms with Gasteiger partial charge in [0, 0.05) is 17.6 Å². The first-order valence-electron chi connectivity index (χ1n) is 8.66. The molecule has 3 aromatic rings.